The summed E-state index contributed by atoms with van der Waals surface area (Å²) in [4.78, 5) is 0. The molecule has 0 saturated carbocycles. The molecule has 16 heavy (non-hydrogen) atoms. The van der Waals surface area contributed by atoms with Gasteiger partial charge in [-0.1, -0.05) is 22.0 Å². The number of benzene rings is 1. The van der Waals surface area contributed by atoms with Crippen LogP contribution in [0.25, 0.3) is 0 Å². The van der Waals surface area contributed by atoms with Gasteiger partial charge in [-0.25, -0.2) is 0 Å². The smallest absolute Gasteiger partial charge is 0.0697 e. The third-order valence-corrected chi connectivity index (χ3v) is 2.98. The lowest BCUT2D eigenvalue weighted by molar-refractivity contribution is 0.445. The van der Waals surface area contributed by atoms with Crippen LogP contribution in [0.4, 0.5) is 0 Å². The standard InChI is InChI=1S/C13H17BrN2/c1-10-6-12(14)5-4-11(10)7-16-9-13(2,3)8-15/h4-6,16H,7,9H2,1-3H3. The van der Waals surface area contributed by atoms with Gasteiger partial charge >= 0.3 is 0 Å². The fourth-order valence-electron chi connectivity index (χ4n) is 1.41. The Bertz CT molecular complexity index is 405. The molecule has 3 heteroatoms. The maximum absolute atomic E-state index is 8.89. The molecule has 1 aromatic rings. The third kappa shape index (κ3) is 3.96. The SMILES string of the molecule is Cc1cc(Br)ccc1CNCC(C)(C)C#N. The lowest BCUT2D eigenvalue weighted by atomic mass is 9.96. The van der Waals surface area contributed by atoms with Gasteiger partial charge in [0, 0.05) is 17.6 Å². The molecule has 2 nitrogen and oxygen atoms in total. The number of nitriles is 1. The van der Waals surface area contributed by atoms with Crippen LogP contribution in [-0.4, -0.2) is 6.54 Å². The summed E-state index contributed by atoms with van der Waals surface area (Å²) in [6.45, 7) is 7.49. The highest BCUT2D eigenvalue weighted by atomic mass is 79.9. The summed E-state index contributed by atoms with van der Waals surface area (Å²) in [5, 5.41) is 12.2. The molecule has 0 aromatic heterocycles. The van der Waals surface area contributed by atoms with Crippen LogP contribution in [0.5, 0.6) is 0 Å². The molecule has 1 rings (SSSR count). The van der Waals surface area contributed by atoms with Gasteiger partial charge in [-0.3, -0.25) is 0 Å². The molecule has 0 atom stereocenters. The summed E-state index contributed by atoms with van der Waals surface area (Å²) in [7, 11) is 0. The van der Waals surface area contributed by atoms with Gasteiger partial charge in [0.1, 0.15) is 0 Å². The monoisotopic (exact) mass is 280 g/mol. The van der Waals surface area contributed by atoms with E-state index in [0.717, 1.165) is 11.0 Å². The van der Waals surface area contributed by atoms with Crippen molar-refractivity contribution in [3.63, 3.8) is 0 Å². The molecular weight excluding hydrogens is 264 g/mol. The second-order valence-electron chi connectivity index (χ2n) is 4.67. The maximum Gasteiger partial charge on any atom is 0.0697 e. The van der Waals surface area contributed by atoms with Crippen LogP contribution in [0, 0.1) is 23.7 Å². The number of rotatable bonds is 4. The Morgan fingerprint density at radius 3 is 2.69 bits per heavy atom. The van der Waals surface area contributed by atoms with Gasteiger partial charge in [-0.15, -0.1) is 0 Å². The molecule has 1 aromatic carbocycles. The topological polar surface area (TPSA) is 35.8 Å². The van der Waals surface area contributed by atoms with Crippen LogP contribution in [0.3, 0.4) is 0 Å². The summed E-state index contributed by atoms with van der Waals surface area (Å²) in [5.41, 5.74) is 2.23. The first-order chi connectivity index (χ1) is 7.44. The van der Waals surface area contributed by atoms with Gasteiger partial charge in [0.25, 0.3) is 0 Å². The van der Waals surface area contributed by atoms with Gasteiger partial charge in [0.05, 0.1) is 11.5 Å². The minimum absolute atomic E-state index is 0.302. The molecule has 0 amide bonds. The van der Waals surface area contributed by atoms with E-state index in [2.05, 4.69) is 46.4 Å². The largest absolute Gasteiger partial charge is 0.311 e. The van der Waals surface area contributed by atoms with Crippen molar-refractivity contribution in [3.05, 3.63) is 33.8 Å². The van der Waals surface area contributed by atoms with E-state index < -0.39 is 0 Å². The third-order valence-electron chi connectivity index (χ3n) is 2.49. The van der Waals surface area contributed by atoms with Crippen molar-refractivity contribution in [2.75, 3.05) is 6.54 Å². The molecule has 0 aliphatic heterocycles. The molecule has 0 radical (unpaired) electrons. The molecule has 0 heterocycles. The van der Waals surface area contributed by atoms with E-state index in [-0.39, 0.29) is 5.41 Å². The van der Waals surface area contributed by atoms with Crippen molar-refractivity contribution in [3.8, 4) is 6.07 Å². The average Bonchev–Trinajstić information content (AvgIpc) is 2.21. The Labute approximate surface area is 106 Å². The van der Waals surface area contributed by atoms with E-state index in [1.54, 1.807) is 0 Å². The van der Waals surface area contributed by atoms with Crippen molar-refractivity contribution in [1.29, 1.82) is 5.26 Å². The first-order valence-corrected chi connectivity index (χ1v) is 6.11. The summed E-state index contributed by atoms with van der Waals surface area (Å²) < 4.78 is 1.10. The van der Waals surface area contributed by atoms with Crippen LogP contribution < -0.4 is 5.32 Å². The highest BCUT2D eigenvalue weighted by molar-refractivity contribution is 9.10. The Kier molecular flexibility index (Phi) is 4.52. The second kappa shape index (κ2) is 5.47. The molecule has 0 bridgehead atoms. The first kappa shape index (κ1) is 13.2. The van der Waals surface area contributed by atoms with Crippen molar-refractivity contribution in [1.82, 2.24) is 5.32 Å². The minimum atomic E-state index is -0.302. The van der Waals surface area contributed by atoms with E-state index >= 15 is 0 Å². The highest BCUT2D eigenvalue weighted by Crippen LogP contribution is 2.16. The normalized spacial score (nSPS) is 11.2. The van der Waals surface area contributed by atoms with Crippen LogP contribution in [0.15, 0.2) is 22.7 Å². The minimum Gasteiger partial charge on any atom is -0.311 e. The zero-order chi connectivity index (χ0) is 12.2. The second-order valence-corrected chi connectivity index (χ2v) is 5.59. The quantitative estimate of drug-likeness (QED) is 0.918. The predicted molar refractivity (Wildman–Crippen MR) is 70.0 cm³/mol. The lowest BCUT2D eigenvalue weighted by Gasteiger charge is -2.16. The number of hydrogen-bond acceptors (Lipinski definition) is 2. The summed E-state index contributed by atoms with van der Waals surface area (Å²) in [5.74, 6) is 0. The Morgan fingerprint density at radius 2 is 2.12 bits per heavy atom. The molecule has 0 aliphatic carbocycles. The molecule has 0 aliphatic rings. The molecule has 0 spiro atoms. The van der Waals surface area contributed by atoms with Gasteiger partial charge in [0.2, 0.25) is 0 Å². The number of hydrogen-bond donors (Lipinski definition) is 1. The average molecular weight is 281 g/mol. The van der Waals surface area contributed by atoms with Crippen LogP contribution >= 0.6 is 15.9 Å². The van der Waals surface area contributed by atoms with E-state index in [1.807, 2.05) is 19.9 Å². The number of nitrogens with zero attached hydrogens (tertiary/aromatic N) is 1. The highest BCUT2D eigenvalue weighted by Gasteiger charge is 2.15. The van der Waals surface area contributed by atoms with Gasteiger partial charge < -0.3 is 5.32 Å². The summed E-state index contributed by atoms with van der Waals surface area (Å²) in [6.07, 6.45) is 0. The van der Waals surface area contributed by atoms with E-state index in [9.17, 15) is 0 Å². The molecule has 1 N–H and O–H groups in total. The Morgan fingerprint density at radius 1 is 1.44 bits per heavy atom. The summed E-state index contributed by atoms with van der Waals surface area (Å²) >= 11 is 3.44. The number of halogens is 1. The first-order valence-electron chi connectivity index (χ1n) is 5.31. The zero-order valence-corrected chi connectivity index (χ0v) is 11.6. The molecular formula is C13H17BrN2. The van der Waals surface area contributed by atoms with Crippen LogP contribution in [0.1, 0.15) is 25.0 Å². The predicted octanol–water partition coefficient (Wildman–Crippen LogP) is 3.40. The van der Waals surface area contributed by atoms with Crippen LogP contribution in [-0.2, 0) is 6.54 Å². The van der Waals surface area contributed by atoms with Gasteiger partial charge in [0.15, 0.2) is 0 Å². The van der Waals surface area contributed by atoms with Crippen molar-refractivity contribution >= 4 is 15.9 Å². The number of nitrogens with one attached hydrogen (secondary N) is 1. The molecule has 0 fully saturated rings. The van der Waals surface area contributed by atoms with Crippen molar-refractivity contribution in [2.45, 2.75) is 27.3 Å². The molecule has 0 unspecified atom stereocenters. The lowest BCUT2D eigenvalue weighted by Crippen LogP contribution is -2.27. The van der Waals surface area contributed by atoms with Crippen LogP contribution in [0.2, 0.25) is 0 Å². The van der Waals surface area contributed by atoms with Gasteiger partial charge in [-0.05, 0) is 44.0 Å². The fraction of sp³-hybridized carbons (Fsp3) is 0.462. The maximum atomic E-state index is 8.89. The molecule has 0 saturated heterocycles. The summed E-state index contributed by atoms with van der Waals surface area (Å²) in [6, 6.07) is 8.53. The Balaban J connectivity index is 2.53. The fourth-order valence-corrected chi connectivity index (χ4v) is 1.88. The van der Waals surface area contributed by atoms with E-state index in [0.29, 0.717) is 6.54 Å². The van der Waals surface area contributed by atoms with Crippen molar-refractivity contribution in [2.24, 2.45) is 5.41 Å². The zero-order valence-electron chi connectivity index (χ0n) is 9.97. The van der Waals surface area contributed by atoms with E-state index in [1.165, 1.54) is 11.1 Å². The van der Waals surface area contributed by atoms with Crippen molar-refractivity contribution < 1.29 is 0 Å². The Hall–Kier alpha value is -0.850. The number of aryl methyl sites for hydroxylation is 1. The van der Waals surface area contributed by atoms with Gasteiger partial charge in [-0.2, -0.15) is 5.26 Å². The molecule has 86 valence electrons. The van der Waals surface area contributed by atoms with E-state index in [4.69, 9.17) is 5.26 Å².